The number of halogens is 1. The summed E-state index contributed by atoms with van der Waals surface area (Å²) >= 11 is 1.34. The van der Waals surface area contributed by atoms with Gasteiger partial charge in [0.15, 0.2) is 0 Å². The van der Waals surface area contributed by atoms with Gasteiger partial charge in [-0.1, -0.05) is 0 Å². The highest BCUT2D eigenvalue weighted by atomic mass is 32.1. The van der Waals surface area contributed by atoms with Crippen LogP contribution in [0.25, 0.3) is 0 Å². The Hall–Kier alpha value is -2.80. The molecule has 2 aromatic rings. The molecule has 1 fully saturated rings. The number of nitriles is 1. The summed E-state index contributed by atoms with van der Waals surface area (Å²) in [5.74, 6) is -0.576. The van der Waals surface area contributed by atoms with Gasteiger partial charge in [-0.15, -0.1) is 11.3 Å². The Morgan fingerprint density at radius 1 is 1.03 bits per heavy atom. The molecule has 9 heteroatoms. The van der Waals surface area contributed by atoms with Crippen molar-refractivity contribution in [1.29, 1.82) is 5.26 Å². The van der Waals surface area contributed by atoms with Gasteiger partial charge in [0.25, 0.3) is 0 Å². The van der Waals surface area contributed by atoms with Gasteiger partial charge in [-0.3, -0.25) is 14.5 Å². The van der Waals surface area contributed by atoms with Crippen molar-refractivity contribution >= 4 is 33.8 Å². The maximum absolute atomic E-state index is 12.9. The highest BCUT2D eigenvalue weighted by Gasteiger charge is 2.19. The molecule has 29 heavy (non-hydrogen) atoms. The van der Waals surface area contributed by atoms with Gasteiger partial charge in [0.05, 0.1) is 12.1 Å². The van der Waals surface area contributed by atoms with Crippen LogP contribution in [0.15, 0.2) is 35.7 Å². The van der Waals surface area contributed by atoms with Gasteiger partial charge in [0.1, 0.15) is 16.9 Å². The second kappa shape index (κ2) is 10.1. The highest BCUT2D eigenvalue weighted by Crippen LogP contribution is 2.22. The average Bonchev–Trinajstić information content (AvgIpc) is 3.16. The molecule has 7 nitrogen and oxygen atoms in total. The molecule has 0 bridgehead atoms. The van der Waals surface area contributed by atoms with Crippen molar-refractivity contribution in [3.63, 3.8) is 0 Å². The van der Waals surface area contributed by atoms with E-state index in [9.17, 15) is 14.0 Å². The molecule has 3 rings (SSSR count). The summed E-state index contributed by atoms with van der Waals surface area (Å²) in [5.41, 5.74) is 1.06. The van der Waals surface area contributed by atoms with Crippen molar-refractivity contribution in [1.82, 2.24) is 9.80 Å². The molecule has 2 N–H and O–H groups in total. The third-order valence-corrected chi connectivity index (χ3v) is 5.48. The van der Waals surface area contributed by atoms with E-state index >= 15 is 0 Å². The SMILES string of the molecule is N#Cc1ccsc1NC(=O)CCN1CCN(CC(=O)Nc2ccc(F)cc2)CC1. The van der Waals surface area contributed by atoms with Crippen molar-refractivity contribution in [2.75, 3.05) is 49.9 Å². The molecule has 2 heterocycles. The van der Waals surface area contributed by atoms with E-state index in [1.165, 1.54) is 35.6 Å². The van der Waals surface area contributed by atoms with Crippen molar-refractivity contribution in [3.05, 3.63) is 47.1 Å². The van der Waals surface area contributed by atoms with Gasteiger partial charge >= 0.3 is 0 Å². The van der Waals surface area contributed by atoms with E-state index in [1.54, 1.807) is 11.4 Å². The van der Waals surface area contributed by atoms with Crippen LogP contribution in [0.5, 0.6) is 0 Å². The Bertz CT molecular complexity index is 885. The number of carbonyl (C=O) groups is 2. The monoisotopic (exact) mass is 415 g/mol. The van der Waals surface area contributed by atoms with Crippen LogP contribution >= 0.6 is 11.3 Å². The molecule has 0 radical (unpaired) electrons. The van der Waals surface area contributed by atoms with Crippen LogP contribution in [-0.4, -0.2) is 60.9 Å². The van der Waals surface area contributed by atoms with Gasteiger partial charge in [-0.2, -0.15) is 5.26 Å². The zero-order chi connectivity index (χ0) is 20.6. The van der Waals surface area contributed by atoms with E-state index < -0.39 is 0 Å². The zero-order valence-electron chi connectivity index (χ0n) is 15.9. The van der Waals surface area contributed by atoms with E-state index in [0.717, 1.165) is 26.2 Å². The Balaban J connectivity index is 1.34. The smallest absolute Gasteiger partial charge is 0.238 e. The lowest BCUT2D eigenvalue weighted by Gasteiger charge is -2.34. The summed E-state index contributed by atoms with van der Waals surface area (Å²) in [4.78, 5) is 28.5. The number of nitrogens with one attached hydrogen (secondary N) is 2. The summed E-state index contributed by atoms with van der Waals surface area (Å²) in [6, 6.07) is 9.43. The van der Waals surface area contributed by atoms with Crippen LogP contribution in [-0.2, 0) is 9.59 Å². The molecule has 1 aromatic heterocycles. The number of piperazine rings is 1. The largest absolute Gasteiger partial charge is 0.325 e. The van der Waals surface area contributed by atoms with Crippen molar-refractivity contribution in [2.45, 2.75) is 6.42 Å². The van der Waals surface area contributed by atoms with Crippen LogP contribution in [0.3, 0.4) is 0 Å². The number of rotatable bonds is 7. The van der Waals surface area contributed by atoms with Gasteiger partial charge in [0.2, 0.25) is 11.8 Å². The quantitative estimate of drug-likeness (QED) is 0.725. The van der Waals surface area contributed by atoms with Gasteiger partial charge in [-0.25, -0.2) is 4.39 Å². The third kappa shape index (κ3) is 6.35. The zero-order valence-corrected chi connectivity index (χ0v) is 16.7. The maximum Gasteiger partial charge on any atom is 0.238 e. The predicted molar refractivity (Wildman–Crippen MR) is 110 cm³/mol. The predicted octanol–water partition coefficient (Wildman–Crippen LogP) is 2.34. The summed E-state index contributed by atoms with van der Waals surface area (Å²) in [6.07, 6.45) is 0.355. The van der Waals surface area contributed by atoms with Crippen molar-refractivity contribution < 1.29 is 14.0 Å². The fraction of sp³-hybridized carbons (Fsp3) is 0.350. The lowest BCUT2D eigenvalue weighted by molar-refractivity contribution is -0.117. The van der Waals surface area contributed by atoms with E-state index in [1.807, 2.05) is 0 Å². The molecule has 2 amide bonds. The van der Waals surface area contributed by atoms with Gasteiger partial charge in [-0.05, 0) is 35.7 Å². The summed E-state index contributed by atoms with van der Waals surface area (Å²) in [7, 11) is 0. The molecular formula is C20H22FN5O2S. The molecule has 0 atom stereocenters. The molecule has 1 aliphatic rings. The first-order valence-electron chi connectivity index (χ1n) is 9.31. The third-order valence-electron chi connectivity index (χ3n) is 4.65. The van der Waals surface area contributed by atoms with Crippen molar-refractivity contribution in [3.8, 4) is 6.07 Å². The van der Waals surface area contributed by atoms with Crippen LogP contribution in [0.4, 0.5) is 15.1 Å². The maximum atomic E-state index is 12.9. The summed E-state index contributed by atoms with van der Waals surface area (Å²) in [5, 5.41) is 16.9. The van der Waals surface area contributed by atoms with Gasteiger partial charge in [0, 0.05) is 44.8 Å². The second-order valence-corrected chi connectivity index (χ2v) is 7.66. The Morgan fingerprint density at radius 2 is 1.72 bits per heavy atom. The Kier molecular flexibility index (Phi) is 7.30. The molecule has 0 aliphatic carbocycles. The normalized spacial score (nSPS) is 14.9. The number of hydrogen-bond donors (Lipinski definition) is 2. The van der Waals surface area contributed by atoms with E-state index in [0.29, 0.717) is 29.2 Å². The fourth-order valence-corrected chi connectivity index (χ4v) is 3.80. The number of nitrogens with zero attached hydrogens (tertiary/aromatic N) is 3. The van der Waals surface area contributed by atoms with Crippen LogP contribution < -0.4 is 10.6 Å². The molecule has 1 saturated heterocycles. The second-order valence-electron chi connectivity index (χ2n) is 6.75. The minimum Gasteiger partial charge on any atom is -0.325 e. The molecule has 1 aliphatic heterocycles. The summed E-state index contributed by atoms with van der Waals surface area (Å²) < 4.78 is 12.9. The number of amides is 2. The molecule has 0 unspecified atom stereocenters. The lowest BCUT2D eigenvalue weighted by Crippen LogP contribution is -2.49. The Labute approximate surface area is 172 Å². The minimum absolute atomic E-state index is 0.106. The summed E-state index contributed by atoms with van der Waals surface area (Å²) in [6.45, 7) is 3.94. The first-order valence-corrected chi connectivity index (χ1v) is 10.2. The van der Waals surface area contributed by atoms with Crippen LogP contribution in [0.2, 0.25) is 0 Å². The molecular weight excluding hydrogens is 393 g/mol. The van der Waals surface area contributed by atoms with Gasteiger partial charge < -0.3 is 15.5 Å². The van der Waals surface area contributed by atoms with E-state index in [2.05, 4.69) is 26.5 Å². The molecule has 1 aromatic carbocycles. The van der Waals surface area contributed by atoms with Crippen molar-refractivity contribution in [2.24, 2.45) is 0 Å². The topological polar surface area (TPSA) is 88.5 Å². The van der Waals surface area contributed by atoms with Crippen LogP contribution in [0.1, 0.15) is 12.0 Å². The lowest BCUT2D eigenvalue weighted by atomic mass is 10.2. The number of benzene rings is 1. The first-order chi connectivity index (χ1) is 14.0. The number of carbonyl (C=O) groups excluding carboxylic acids is 2. The van der Waals surface area contributed by atoms with E-state index in [-0.39, 0.29) is 24.2 Å². The highest BCUT2D eigenvalue weighted by molar-refractivity contribution is 7.14. The molecule has 0 saturated carbocycles. The number of hydrogen-bond acceptors (Lipinski definition) is 6. The molecule has 152 valence electrons. The standard InChI is InChI=1S/C20H22FN5O2S/c21-16-1-3-17(4-2-16)23-19(28)14-26-10-8-25(9-11-26)7-5-18(27)24-20-15(13-22)6-12-29-20/h1-4,6,12H,5,7-11,14H2,(H,23,28)(H,24,27). The number of thiophene rings is 1. The molecule has 0 spiro atoms. The average molecular weight is 415 g/mol. The fourth-order valence-electron chi connectivity index (χ4n) is 3.05. The van der Waals surface area contributed by atoms with E-state index in [4.69, 9.17) is 5.26 Å². The minimum atomic E-state index is -0.339. The Morgan fingerprint density at radius 3 is 2.41 bits per heavy atom. The van der Waals surface area contributed by atoms with Crippen LogP contribution in [0, 0.1) is 17.1 Å². The number of anilines is 2. The first kappa shape index (κ1) is 20.9.